The molecule has 2 amide bonds. The molecule has 0 spiro atoms. The number of ether oxygens (including phenoxy) is 1. The summed E-state index contributed by atoms with van der Waals surface area (Å²) >= 11 is 0. The zero-order valence-electron chi connectivity index (χ0n) is 15.5. The lowest BCUT2D eigenvalue weighted by atomic mass is 10.1. The highest BCUT2D eigenvalue weighted by atomic mass is 16.5. The van der Waals surface area contributed by atoms with E-state index in [0.717, 1.165) is 28.3 Å². The fourth-order valence-electron chi connectivity index (χ4n) is 2.88. The number of carbonyl (C=O) groups is 1. The maximum Gasteiger partial charge on any atom is 0.323 e. The van der Waals surface area contributed by atoms with Crippen molar-refractivity contribution in [1.82, 2.24) is 14.4 Å². The highest BCUT2D eigenvalue weighted by molar-refractivity contribution is 6.00. The van der Waals surface area contributed by atoms with E-state index >= 15 is 0 Å². The van der Waals surface area contributed by atoms with Gasteiger partial charge in [0.2, 0.25) is 5.78 Å². The molecule has 4 rings (SSSR count). The number of urea groups is 1. The van der Waals surface area contributed by atoms with Crippen molar-refractivity contribution >= 4 is 23.2 Å². The SMILES string of the molecule is COc1ccc(NC(=O)Nc2ccc(-c3cn4cccnc4n3)cc2)c(C)c1. The van der Waals surface area contributed by atoms with E-state index in [-0.39, 0.29) is 6.03 Å². The average Bonchev–Trinajstić information content (AvgIpc) is 3.14. The largest absolute Gasteiger partial charge is 0.497 e. The van der Waals surface area contributed by atoms with Gasteiger partial charge in [0, 0.05) is 35.5 Å². The standard InChI is InChI=1S/C21H19N5O2/c1-14-12-17(28-2)8-9-18(14)25-21(27)23-16-6-4-15(5-7-16)19-13-26-11-3-10-22-20(26)24-19/h3-13H,1-2H3,(H2,23,25,27). The average molecular weight is 373 g/mol. The van der Waals surface area contributed by atoms with Gasteiger partial charge in [0.1, 0.15) is 5.75 Å². The third kappa shape index (κ3) is 3.64. The maximum absolute atomic E-state index is 12.3. The van der Waals surface area contributed by atoms with Crippen LogP contribution in [0.3, 0.4) is 0 Å². The number of methoxy groups -OCH3 is 1. The smallest absolute Gasteiger partial charge is 0.323 e. The molecular formula is C21H19N5O2. The Hall–Kier alpha value is -3.87. The minimum Gasteiger partial charge on any atom is -0.497 e. The van der Waals surface area contributed by atoms with Gasteiger partial charge in [-0.15, -0.1) is 0 Å². The summed E-state index contributed by atoms with van der Waals surface area (Å²) in [6.07, 6.45) is 5.53. The lowest BCUT2D eigenvalue weighted by molar-refractivity contribution is 0.262. The van der Waals surface area contributed by atoms with Crippen LogP contribution in [0.15, 0.2) is 67.1 Å². The topological polar surface area (TPSA) is 80.5 Å². The van der Waals surface area contributed by atoms with Crippen LogP contribution in [0.2, 0.25) is 0 Å². The predicted octanol–water partition coefficient (Wildman–Crippen LogP) is 4.36. The molecule has 4 aromatic rings. The van der Waals surface area contributed by atoms with Crippen molar-refractivity contribution in [3.63, 3.8) is 0 Å². The predicted molar refractivity (Wildman–Crippen MR) is 109 cm³/mol. The van der Waals surface area contributed by atoms with Crippen LogP contribution in [0.25, 0.3) is 17.0 Å². The van der Waals surface area contributed by atoms with E-state index in [9.17, 15) is 4.79 Å². The number of hydrogen-bond donors (Lipinski definition) is 2. The van der Waals surface area contributed by atoms with Gasteiger partial charge in [-0.1, -0.05) is 12.1 Å². The molecule has 2 N–H and O–H groups in total. The molecule has 2 aromatic heterocycles. The fourth-order valence-corrected chi connectivity index (χ4v) is 2.88. The first-order valence-electron chi connectivity index (χ1n) is 8.75. The summed E-state index contributed by atoms with van der Waals surface area (Å²) in [5, 5.41) is 5.68. The molecule has 0 aliphatic heterocycles. The van der Waals surface area contributed by atoms with Crippen LogP contribution in [-0.4, -0.2) is 27.5 Å². The molecular weight excluding hydrogens is 354 g/mol. The van der Waals surface area contributed by atoms with Gasteiger partial charge in [0.25, 0.3) is 0 Å². The van der Waals surface area contributed by atoms with E-state index < -0.39 is 0 Å². The number of anilines is 2. The van der Waals surface area contributed by atoms with Crippen molar-refractivity contribution in [2.75, 3.05) is 17.7 Å². The van der Waals surface area contributed by atoms with Crippen molar-refractivity contribution in [2.45, 2.75) is 6.92 Å². The number of aryl methyl sites for hydroxylation is 1. The second-order valence-corrected chi connectivity index (χ2v) is 6.29. The van der Waals surface area contributed by atoms with E-state index in [0.29, 0.717) is 11.5 Å². The molecule has 0 aliphatic rings. The molecule has 2 heterocycles. The molecule has 2 aromatic carbocycles. The van der Waals surface area contributed by atoms with Crippen LogP contribution in [-0.2, 0) is 0 Å². The van der Waals surface area contributed by atoms with Crippen molar-refractivity contribution in [3.05, 3.63) is 72.7 Å². The fraction of sp³-hybridized carbons (Fsp3) is 0.0952. The molecule has 7 nitrogen and oxygen atoms in total. The van der Waals surface area contributed by atoms with Gasteiger partial charge in [-0.05, 0) is 48.9 Å². The van der Waals surface area contributed by atoms with Crippen molar-refractivity contribution in [3.8, 4) is 17.0 Å². The first-order valence-corrected chi connectivity index (χ1v) is 8.75. The highest BCUT2D eigenvalue weighted by Crippen LogP contribution is 2.23. The Bertz CT molecular complexity index is 1100. The lowest BCUT2D eigenvalue weighted by Crippen LogP contribution is -2.19. The Morgan fingerprint density at radius 2 is 1.93 bits per heavy atom. The van der Waals surface area contributed by atoms with Gasteiger partial charge in [0.05, 0.1) is 12.8 Å². The zero-order chi connectivity index (χ0) is 19.5. The molecule has 0 atom stereocenters. The molecule has 7 heteroatoms. The second-order valence-electron chi connectivity index (χ2n) is 6.29. The maximum atomic E-state index is 12.3. The molecule has 0 fully saturated rings. The van der Waals surface area contributed by atoms with Gasteiger partial charge in [0.15, 0.2) is 0 Å². The van der Waals surface area contributed by atoms with Gasteiger partial charge >= 0.3 is 6.03 Å². The van der Waals surface area contributed by atoms with Crippen LogP contribution < -0.4 is 15.4 Å². The van der Waals surface area contributed by atoms with Crippen molar-refractivity contribution < 1.29 is 9.53 Å². The number of nitrogens with one attached hydrogen (secondary N) is 2. The third-order valence-corrected chi connectivity index (χ3v) is 4.36. The summed E-state index contributed by atoms with van der Waals surface area (Å²) in [5.41, 5.74) is 4.11. The summed E-state index contributed by atoms with van der Waals surface area (Å²) in [5.74, 6) is 1.40. The molecule has 0 radical (unpaired) electrons. The summed E-state index contributed by atoms with van der Waals surface area (Å²) in [6.45, 7) is 1.91. The number of nitrogens with zero attached hydrogens (tertiary/aromatic N) is 3. The number of imidazole rings is 1. The number of rotatable bonds is 4. The van der Waals surface area contributed by atoms with Gasteiger partial charge < -0.3 is 15.4 Å². The molecule has 0 unspecified atom stereocenters. The third-order valence-electron chi connectivity index (χ3n) is 4.36. The van der Waals surface area contributed by atoms with E-state index in [4.69, 9.17) is 4.74 Å². The number of amides is 2. The van der Waals surface area contributed by atoms with E-state index in [1.165, 1.54) is 0 Å². The van der Waals surface area contributed by atoms with Gasteiger partial charge in [-0.25, -0.2) is 14.8 Å². The Balaban J connectivity index is 1.44. The van der Waals surface area contributed by atoms with Gasteiger partial charge in [-0.3, -0.25) is 4.40 Å². The number of fused-ring (bicyclic) bond motifs is 1. The van der Waals surface area contributed by atoms with Crippen LogP contribution in [0.1, 0.15) is 5.56 Å². The molecule has 0 saturated heterocycles. The Morgan fingerprint density at radius 1 is 1.11 bits per heavy atom. The number of carbonyl (C=O) groups excluding carboxylic acids is 1. The van der Waals surface area contributed by atoms with Crippen molar-refractivity contribution in [1.29, 1.82) is 0 Å². The number of hydrogen-bond acceptors (Lipinski definition) is 4. The van der Waals surface area contributed by atoms with Crippen LogP contribution >= 0.6 is 0 Å². The quantitative estimate of drug-likeness (QED) is 0.557. The Kier molecular flexibility index (Phi) is 4.63. The summed E-state index contributed by atoms with van der Waals surface area (Å²) in [7, 11) is 1.61. The summed E-state index contributed by atoms with van der Waals surface area (Å²) in [4.78, 5) is 21.0. The van der Waals surface area contributed by atoms with E-state index in [2.05, 4.69) is 20.6 Å². The number of benzene rings is 2. The summed E-state index contributed by atoms with van der Waals surface area (Å²) in [6, 6.07) is 14.5. The summed E-state index contributed by atoms with van der Waals surface area (Å²) < 4.78 is 7.05. The first kappa shape index (κ1) is 17.5. The molecule has 140 valence electrons. The number of aromatic nitrogens is 3. The normalized spacial score (nSPS) is 10.6. The Morgan fingerprint density at radius 3 is 2.64 bits per heavy atom. The van der Waals surface area contributed by atoms with Crippen LogP contribution in [0.4, 0.5) is 16.2 Å². The first-order chi connectivity index (χ1) is 13.6. The molecule has 0 aliphatic carbocycles. The molecule has 0 saturated carbocycles. The van der Waals surface area contributed by atoms with Crippen molar-refractivity contribution in [2.24, 2.45) is 0 Å². The monoisotopic (exact) mass is 373 g/mol. The van der Waals surface area contributed by atoms with E-state index in [1.54, 1.807) is 19.4 Å². The highest BCUT2D eigenvalue weighted by Gasteiger charge is 2.08. The van der Waals surface area contributed by atoms with Crippen LogP contribution in [0, 0.1) is 6.92 Å². The van der Waals surface area contributed by atoms with E-state index in [1.807, 2.05) is 66.2 Å². The van der Waals surface area contributed by atoms with Gasteiger partial charge in [-0.2, -0.15) is 0 Å². The minimum absolute atomic E-state index is 0.307. The Labute approximate surface area is 162 Å². The molecule has 0 bridgehead atoms. The van der Waals surface area contributed by atoms with Crippen LogP contribution in [0.5, 0.6) is 5.75 Å². The second kappa shape index (κ2) is 7.40. The molecule has 28 heavy (non-hydrogen) atoms. The lowest BCUT2D eigenvalue weighted by Gasteiger charge is -2.11. The minimum atomic E-state index is -0.307. The zero-order valence-corrected chi connectivity index (χ0v) is 15.5.